The quantitative estimate of drug-likeness (QED) is 0.849. The van der Waals surface area contributed by atoms with Crippen molar-refractivity contribution in [1.82, 2.24) is 15.1 Å². The molecule has 1 N–H and O–H groups in total. The molecule has 0 aromatic rings. The predicted molar refractivity (Wildman–Crippen MR) is 82.9 cm³/mol. The molecule has 0 spiro atoms. The van der Waals surface area contributed by atoms with E-state index in [2.05, 4.69) is 12.2 Å². The number of carbonyl (C=O) groups is 2. The van der Waals surface area contributed by atoms with Gasteiger partial charge in [-0.25, -0.2) is 0 Å². The van der Waals surface area contributed by atoms with Crippen molar-refractivity contribution in [2.24, 2.45) is 5.41 Å². The second kappa shape index (κ2) is 6.77. The minimum absolute atomic E-state index is 0.0660. The Labute approximate surface area is 128 Å². The standard InChI is InChI=1S/C16H29N3O2/c1-4-8-16(9-6-10-17-12-16)15(21)19-11-5-7-13(19)14(20)18(2)3/h13,17H,4-12H2,1-3H3. The van der Waals surface area contributed by atoms with Gasteiger partial charge in [-0.15, -0.1) is 0 Å². The highest BCUT2D eigenvalue weighted by Gasteiger charge is 2.45. The van der Waals surface area contributed by atoms with Crippen LogP contribution in [0, 0.1) is 5.41 Å². The summed E-state index contributed by atoms with van der Waals surface area (Å²) in [7, 11) is 3.54. The topological polar surface area (TPSA) is 52.7 Å². The molecule has 2 aliphatic rings. The lowest BCUT2D eigenvalue weighted by Crippen LogP contribution is -2.55. The molecule has 0 aliphatic carbocycles. The molecule has 0 saturated carbocycles. The van der Waals surface area contributed by atoms with Crippen LogP contribution in [0.3, 0.4) is 0 Å². The fraction of sp³-hybridized carbons (Fsp3) is 0.875. The Hall–Kier alpha value is -1.10. The molecule has 5 heteroatoms. The zero-order chi connectivity index (χ0) is 15.5. The van der Waals surface area contributed by atoms with E-state index in [4.69, 9.17) is 0 Å². The summed E-state index contributed by atoms with van der Waals surface area (Å²) in [6, 6.07) is -0.247. The molecular formula is C16H29N3O2. The Morgan fingerprint density at radius 3 is 2.67 bits per heavy atom. The van der Waals surface area contributed by atoms with E-state index in [1.54, 1.807) is 19.0 Å². The first-order chi connectivity index (χ1) is 10.0. The van der Waals surface area contributed by atoms with E-state index in [0.29, 0.717) is 0 Å². The number of nitrogens with zero attached hydrogens (tertiary/aromatic N) is 2. The number of piperidine rings is 1. The predicted octanol–water partition coefficient (Wildman–Crippen LogP) is 1.24. The fourth-order valence-electron chi connectivity index (χ4n) is 3.82. The molecule has 2 heterocycles. The number of likely N-dealkylation sites (N-methyl/N-ethyl adjacent to an activating group) is 1. The minimum atomic E-state index is -0.290. The summed E-state index contributed by atoms with van der Waals surface area (Å²) >= 11 is 0. The normalized spacial score (nSPS) is 29.5. The van der Waals surface area contributed by atoms with Crippen molar-refractivity contribution in [3.8, 4) is 0 Å². The van der Waals surface area contributed by atoms with E-state index in [9.17, 15) is 9.59 Å². The van der Waals surface area contributed by atoms with E-state index in [-0.39, 0.29) is 23.3 Å². The number of carbonyl (C=O) groups excluding carboxylic acids is 2. The van der Waals surface area contributed by atoms with Crippen LogP contribution in [0.1, 0.15) is 45.4 Å². The molecule has 2 atom stereocenters. The third-order valence-electron chi connectivity index (χ3n) is 4.89. The van der Waals surface area contributed by atoms with Crippen molar-refractivity contribution < 1.29 is 9.59 Å². The molecule has 5 nitrogen and oxygen atoms in total. The summed E-state index contributed by atoms with van der Waals surface area (Å²) < 4.78 is 0. The average molecular weight is 295 g/mol. The van der Waals surface area contributed by atoms with Gasteiger partial charge in [0.1, 0.15) is 6.04 Å². The number of amides is 2. The highest BCUT2D eigenvalue weighted by atomic mass is 16.2. The van der Waals surface area contributed by atoms with Gasteiger partial charge >= 0.3 is 0 Å². The van der Waals surface area contributed by atoms with Crippen LogP contribution in [0.25, 0.3) is 0 Å². The molecule has 0 bridgehead atoms. The summed E-state index contributed by atoms with van der Waals surface area (Å²) in [5, 5.41) is 3.39. The van der Waals surface area contributed by atoms with Gasteiger partial charge in [0.25, 0.3) is 0 Å². The maximum atomic E-state index is 13.2. The van der Waals surface area contributed by atoms with Crippen LogP contribution in [0.4, 0.5) is 0 Å². The second-order valence-corrected chi connectivity index (χ2v) is 6.70. The molecule has 2 fully saturated rings. The molecule has 21 heavy (non-hydrogen) atoms. The summed E-state index contributed by atoms with van der Waals surface area (Å²) in [6.45, 7) is 4.63. The number of nitrogens with one attached hydrogen (secondary N) is 1. The highest BCUT2D eigenvalue weighted by molar-refractivity contribution is 5.90. The summed E-state index contributed by atoms with van der Waals surface area (Å²) in [6.07, 6.45) is 5.66. The minimum Gasteiger partial charge on any atom is -0.347 e. The van der Waals surface area contributed by atoms with Gasteiger partial charge in [-0.2, -0.15) is 0 Å². The van der Waals surface area contributed by atoms with Gasteiger partial charge in [-0.3, -0.25) is 9.59 Å². The van der Waals surface area contributed by atoms with Gasteiger partial charge in [0.15, 0.2) is 0 Å². The maximum absolute atomic E-state index is 13.2. The molecule has 0 radical (unpaired) electrons. The van der Waals surface area contributed by atoms with E-state index in [1.165, 1.54) is 0 Å². The largest absolute Gasteiger partial charge is 0.347 e. The van der Waals surface area contributed by atoms with Crippen LogP contribution >= 0.6 is 0 Å². The van der Waals surface area contributed by atoms with Crippen LogP contribution < -0.4 is 5.32 Å². The lowest BCUT2D eigenvalue weighted by molar-refractivity contribution is -0.150. The van der Waals surface area contributed by atoms with E-state index < -0.39 is 0 Å². The number of hydrogen-bond donors (Lipinski definition) is 1. The SMILES string of the molecule is CCCC1(C(=O)N2CCCC2C(=O)N(C)C)CCCNC1. The van der Waals surface area contributed by atoms with Gasteiger partial charge in [0.05, 0.1) is 5.41 Å². The Balaban J connectivity index is 2.17. The van der Waals surface area contributed by atoms with Crippen LogP contribution in [0.5, 0.6) is 0 Å². The Bertz CT molecular complexity index is 383. The van der Waals surface area contributed by atoms with Gasteiger partial charge in [-0.1, -0.05) is 13.3 Å². The molecule has 2 unspecified atom stereocenters. The van der Waals surface area contributed by atoms with Crippen molar-refractivity contribution in [2.75, 3.05) is 33.7 Å². The van der Waals surface area contributed by atoms with Gasteiger partial charge in [0.2, 0.25) is 11.8 Å². The van der Waals surface area contributed by atoms with Crippen molar-refractivity contribution in [3.63, 3.8) is 0 Å². The molecule has 2 rings (SSSR count). The van der Waals surface area contributed by atoms with Gasteiger partial charge in [-0.05, 0) is 38.6 Å². The number of hydrogen-bond acceptors (Lipinski definition) is 3. The van der Waals surface area contributed by atoms with Gasteiger partial charge < -0.3 is 15.1 Å². The third-order valence-corrected chi connectivity index (χ3v) is 4.89. The fourth-order valence-corrected chi connectivity index (χ4v) is 3.82. The molecule has 2 aliphatic heterocycles. The third kappa shape index (κ3) is 3.23. The summed E-state index contributed by atoms with van der Waals surface area (Å²) in [4.78, 5) is 29.0. The van der Waals surface area contributed by atoms with Crippen LogP contribution in [0.15, 0.2) is 0 Å². The Kier molecular flexibility index (Phi) is 5.25. The van der Waals surface area contributed by atoms with Crippen molar-refractivity contribution in [1.29, 1.82) is 0 Å². The van der Waals surface area contributed by atoms with Crippen LogP contribution in [0.2, 0.25) is 0 Å². The molecule has 120 valence electrons. The van der Waals surface area contributed by atoms with Crippen molar-refractivity contribution in [2.45, 2.75) is 51.5 Å². The van der Waals surface area contributed by atoms with Gasteiger partial charge in [0, 0.05) is 27.2 Å². The Morgan fingerprint density at radius 1 is 1.33 bits per heavy atom. The smallest absolute Gasteiger partial charge is 0.244 e. The van der Waals surface area contributed by atoms with Crippen LogP contribution in [-0.4, -0.2) is 61.4 Å². The van der Waals surface area contributed by atoms with Crippen LogP contribution in [-0.2, 0) is 9.59 Å². The second-order valence-electron chi connectivity index (χ2n) is 6.70. The van der Waals surface area contributed by atoms with E-state index in [1.807, 2.05) is 4.90 Å². The summed E-state index contributed by atoms with van der Waals surface area (Å²) in [5.41, 5.74) is -0.290. The lowest BCUT2D eigenvalue weighted by atomic mass is 9.75. The zero-order valence-electron chi connectivity index (χ0n) is 13.7. The molecule has 0 aromatic carbocycles. The van der Waals surface area contributed by atoms with Crippen molar-refractivity contribution in [3.05, 3.63) is 0 Å². The van der Waals surface area contributed by atoms with E-state index in [0.717, 1.165) is 58.2 Å². The first-order valence-corrected chi connectivity index (χ1v) is 8.25. The molecular weight excluding hydrogens is 266 g/mol. The Morgan fingerprint density at radius 2 is 2.10 bits per heavy atom. The first kappa shape index (κ1) is 16.3. The molecule has 2 saturated heterocycles. The first-order valence-electron chi connectivity index (χ1n) is 8.25. The maximum Gasteiger partial charge on any atom is 0.244 e. The summed E-state index contributed by atoms with van der Waals surface area (Å²) in [5.74, 6) is 0.269. The number of likely N-dealkylation sites (tertiary alicyclic amines) is 1. The average Bonchev–Trinajstić information content (AvgIpc) is 2.96. The zero-order valence-corrected chi connectivity index (χ0v) is 13.7. The lowest BCUT2D eigenvalue weighted by Gasteiger charge is -2.40. The number of rotatable bonds is 4. The molecule has 0 aromatic heterocycles. The van der Waals surface area contributed by atoms with Crippen molar-refractivity contribution >= 4 is 11.8 Å². The molecule has 2 amide bonds. The monoisotopic (exact) mass is 295 g/mol. The van der Waals surface area contributed by atoms with E-state index >= 15 is 0 Å². The highest BCUT2D eigenvalue weighted by Crippen LogP contribution is 2.36.